The Labute approximate surface area is 155 Å². The minimum atomic E-state index is -1.18. The molecular weight excluding hydrogens is 360 g/mol. The van der Waals surface area contributed by atoms with E-state index in [0.29, 0.717) is 5.69 Å². The molecule has 0 spiro atoms. The number of carbonyl (C=O) groups is 4. The highest BCUT2D eigenvalue weighted by Gasteiger charge is 2.37. The third kappa shape index (κ3) is 4.75. The first-order valence-electron chi connectivity index (χ1n) is 7.89. The van der Waals surface area contributed by atoms with E-state index in [9.17, 15) is 19.2 Å². The number of benzene rings is 1. The molecule has 0 unspecified atom stereocenters. The summed E-state index contributed by atoms with van der Waals surface area (Å²) >= 11 is 1.56. The number of alkyl carbamates (subject to hydrolysis) is 1. The van der Waals surface area contributed by atoms with Gasteiger partial charge in [-0.1, -0.05) is 6.07 Å². The summed E-state index contributed by atoms with van der Waals surface area (Å²) in [4.78, 5) is 49.8. The Balaban J connectivity index is 1.97. The van der Waals surface area contributed by atoms with Crippen LogP contribution in [0.4, 0.5) is 10.5 Å². The van der Waals surface area contributed by atoms with Crippen molar-refractivity contribution in [2.24, 2.45) is 5.92 Å². The van der Waals surface area contributed by atoms with Gasteiger partial charge < -0.3 is 14.4 Å². The molecule has 2 atom stereocenters. The average Bonchev–Trinajstić information content (AvgIpc) is 3.03. The Morgan fingerprint density at radius 1 is 1.35 bits per heavy atom. The second-order valence-corrected chi connectivity index (χ2v) is 6.55. The summed E-state index contributed by atoms with van der Waals surface area (Å²) in [5.41, 5.74) is 0.716. The van der Waals surface area contributed by atoms with Gasteiger partial charge in [0.2, 0.25) is 5.91 Å². The molecule has 8 nitrogen and oxygen atoms in total. The van der Waals surface area contributed by atoms with Crippen LogP contribution in [0.5, 0.6) is 0 Å². The van der Waals surface area contributed by atoms with Gasteiger partial charge in [-0.3, -0.25) is 19.7 Å². The van der Waals surface area contributed by atoms with Crippen molar-refractivity contribution in [1.29, 1.82) is 0 Å². The maximum absolute atomic E-state index is 12.3. The van der Waals surface area contributed by atoms with E-state index in [1.54, 1.807) is 17.8 Å². The molecule has 0 aromatic heterocycles. The Morgan fingerprint density at radius 3 is 2.73 bits per heavy atom. The molecule has 1 heterocycles. The van der Waals surface area contributed by atoms with Gasteiger partial charge in [0.05, 0.1) is 13.0 Å². The van der Waals surface area contributed by atoms with Gasteiger partial charge in [0.1, 0.15) is 0 Å². The number of hydrogen-bond acceptors (Lipinski definition) is 7. The topological polar surface area (TPSA) is 102 Å². The lowest BCUT2D eigenvalue weighted by Gasteiger charge is -2.18. The molecule has 1 aliphatic heterocycles. The predicted molar refractivity (Wildman–Crippen MR) is 94.8 cm³/mol. The largest absolute Gasteiger partial charge is 0.453 e. The standard InChI is InChI=1S/C17H20N2O6S/c1-10(15(21)18-17(23)24-2)25-16(22)11-7-14(20)19(9-11)12-5-4-6-13(8-12)26-3/h4-6,8,10-11H,7,9H2,1-3H3,(H,18,21,23)/t10-,11-/m1/s1. The summed E-state index contributed by atoms with van der Waals surface area (Å²) in [7, 11) is 1.12. The minimum absolute atomic E-state index is 0.00761. The van der Waals surface area contributed by atoms with Gasteiger partial charge in [-0.05, 0) is 31.4 Å². The number of amides is 3. The van der Waals surface area contributed by atoms with Crippen molar-refractivity contribution in [3.8, 4) is 0 Å². The van der Waals surface area contributed by atoms with Gasteiger partial charge >= 0.3 is 12.1 Å². The number of ether oxygens (including phenoxy) is 2. The van der Waals surface area contributed by atoms with Gasteiger partial charge in [-0.15, -0.1) is 11.8 Å². The van der Waals surface area contributed by atoms with E-state index in [-0.39, 0.29) is 18.9 Å². The normalized spacial score (nSPS) is 17.6. The number of esters is 1. The third-order valence-electron chi connectivity index (χ3n) is 3.90. The van der Waals surface area contributed by atoms with E-state index < -0.39 is 30.0 Å². The number of imide groups is 1. The highest BCUT2D eigenvalue weighted by Crippen LogP contribution is 2.28. The number of anilines is 1. The Bertz CT molecular complexity index is 723. The summed E-state index contributed by atoms with van der Waals surface area (Å²) < 4.78 is 9.38. The Hall–Kier alpha value is -2.55. The Kier molecular flexibility index (Phi) is 6.62. The van der Waals surface area contributed by atoms with Gasteiger partial charge in [0.25, 0.3) is 5.91 Å². The number of methoxy groups -OCH3 is 1. The summed E-state index contributed by atoms with van der Waals surface area (Å²) in [5, 5.41) is 1.92. The van der Waals surface area contributed by atoms with Gasteiger partial charge in [-0.25, -0.2) is 4.79 Å². The molecular formula is C17H20N2O6S. The molecule has 3 amide bonds. The maximum atomic E-state index is 12.3. The van der Waals surface area contributed by atoms with Crippen LogP contribution >= 0.6 is 11.8 Å². The predicted octanol–water partition coefficient (Wildman–Crippen LogP) is 1.58. The average molecular weight is 380 g/mol. The van der Waals surface area contributed by atoms with Crippen LogP contribution < -0.4 is 10.2 Å². The number of thioether (sulfide) groups is 1. The molecule has 140 valence electrons. The molecule has 0 bridgehead atoms. The molecule has 1 fully saturated rings. The number of carbonyl (C=O) groups excluding carboxylic acids is 4. The zero-order chi connectivity index (χ0) is 19.3. The van der Waals surface area contributed by atoms with Gasteiger partial charge in [-0.2, -0.15) is 0 Å². The van der Waals surface area contributed by atoms with Crippen molar-refractivity contribution in [3.63, 3.8) is 0 Å². The molecule has 2 rings (SSSR count). The monoisotopic (exact) mass is 380 g/mol. The zero-order valence-electron chi connectivity index (χ0n) is 14.7. The van der Waals surface area contributed by atoms with Crippen molar-refractivity contribution in [3.05, 3.63) is 24.3 Å². The maximum Gasteiger partial charge on any atom is 0.413 e. The lowest BCUT2D eigenvalue weighted by molar-refractivity contribution is -0.158. The van der Waals surface area contributed by atoms with Gasteiger partial charge in [0, 0.05) is 23.5 Å². The van der Waals surface area contributed by atoms with E-state index in [1.807, 2.05) is 29.8 Å². The molecule has 1 aliphatic rings. The Morgan fingerprint density at radius 2 is 2.08 bits per heavy atom. The smallest absolute Gasteiger partial charge is 0.413 e. The molecule has 26 heavy (non-hydrogen) atoms. The quantitative estimate of drug-likeness (QED) is 0.611. The van der Waals surface area contributed by atoms with Crippen LogP contribution in [0.25, 0.3) is 0 Å². The van der Waals surface area contributed by atoms with Crippen LogP contribution in [0.2, 0.25) is 0 Å². The highest BCUT2D eigenvalue weighted by atomic mass is 32.2. The van der Waals surface area contributed by atoms with E-state index in [4.69, 9.17) is 4.74 Å². The van der Waals surface area contributed by atoms with E-state index >= 15 is 0 Å². The number of rotatable bonds is 5. The van der Waals surface area contributed by atoms with Crippen molar-refractivity contribution in [2.45, 2.75) is 24.3 Å². The zero-order valence-corrected chi connectivity index (χ0v) is 15.5. The summed E-state index contributed by atoms with van der Waals surface area (Å²) in [6, 6.07) is 7.46. The van der Waals surface area contributed by atoms with Crippen LogP contribution in [0.15, 0.2) is 29.2 Å². The molecule has 1 saturated heterocycles. The van der Waals surface area contributed by atoms with Crippen LogP contribution in [-0.4, -0.2) is 49.9 Å². The SMILES string of the molecule is COC(=O)NC(=O)[C@@H](C)OC(=O)[C@@H]1CC(=O)N(c2cccc(SC)c2)C1. The van der Waals surface area contributed by atoms with Crippen LogP contribution in [-0.2, 0) is 23.9 Å². The minimum Gasteiger partial charge on any atom is -0.453 e. The fraction of sp³-hybridized carbons (Fsp3) is 0.412. The van der Waals surface area contributed by atoms with Crippen molar-refractivity contribution < 1.29 is 28.7 Å². The molecule has 0 aliphatic carbocycles. The number of nitrogens with one attached hydrogen (secondary N) is 1. The first-order valence-corrected chi connectivity index (χ1v) is 9.12. The highest BCUT2D eigenvalue weighted by molar-refractivity contribution is 7.98. The first kappa shape index (κ1) is 19.8. The lowest BCUT2D eigenvalue weighted by atomic mass is 10.1. The van der Waals surface area contributed by atoms with Crippen molar-refractivity contribution in [2.75, 3.05) is 24.8 Å². The first-order chi connectivity index (χ1) is 12.3. The molecule has 0 radical (unpaired) electrons. The fourth-order valence-electron chi connectivity index (χ4n) is 2.47. The van der Waals surface area contributed by atoms with Crippen molar-refractivity contribution >= 4 is 41.3 Å². The molecule has 9 heteroatoms. The fourth-order valence-corrected chi connectivity index (χ4v) is 2.92. The number of hydrogen-bond donors (Lipinski definition) is 1. The lowest BCUT2D eigenvalue weighted by Crippen LogP contribution is -2.40. The van der Waals surface area contributed by atoms with E-state index in [0.717, 1.165) is 12.0 Å². The molecule has 0 saturated carbocycles. The van der Waals surface area contributed by atoms with Crippen LogP contribution in [0.3, 0.4) is 0 Å². The second-order valence-electron chi connectivity index (χ2n) is 5.67. The summed E-state index contributed by atoms with van der Waals surface area (Å²) in [6.07, 6.45) is -0.168. The van der Waals surface area contributed by atoms with Crippen LogP contribution in [0.1, 0.15) is 13.3 Å². The van der Waals surface area contributed by atoms with Gasteiger partial charge in [0.15, 0.2) is 6.10 Å². The van der Waals surface area contributed by atoms with E-state index in [2.05, 4.69) is 4.74 Å². The molecule has 1 N–H and O–H groups in total. The molecule has 1 aromatic carbocycles. The van der Waals surface area contributed by atoms with Crippen LogP contribution in [0, 0.1) is 5.92 Å². The summed E-state index contributed by atoms with van der Waals surface area (Å²) in [5.74, 6) is -2.31. The number of nitrogens with zero attached hydrogens (tertiary/aromatic N) is 1. The third-order valence-corrected chi connectivity index (χ3v) is 4.62. The van der Waals surface area contributed by atoms with Crippen molar-refractivity contribution in [1.82, 2.24) is 5.32 Å². The van der Waals surface area contributed by atoms with E-state index in [1.165, 1.54) is 11.8 Å². The summed E-state index contributed by atoms with van der Waals surface area (Å²) in [6.45, 7) is 1.52. The molecule has 1 aromatic rings. The second kappa shape index (κ2) is 8.70.